The van der Waals surface area contributed by atoms with Crippen LogP contribution in [0.2, 0.25) is 0 Å². The molecule has 0 fully saturated rings. The second-order valence-electron chi connectivity index (χ2n) is 7.31. The van der Waals surface area contributed by atoms with Crippen molar-refractivity contribution >= 4 is 43.2 Å². The number of nitrogens with one attached hydrogen (secondary N) is 2. The number of hydrogen-bond acceptors (Lipinski definition) is 8. The van der Waals surface area contributed by atoms with Crippen LogP contribution in [0.3, 0.4) is 0 Å². The Morgan fingerprint density at radius 1 is 0.788 bits per heavy atom. The Morgan fingerprint density at radius 2 is 1.27 bits per heavy atom. The lowest BCUT2D eigenvalue weighted by molar-refractivity contribution is 0.481. The van der Waals surface area contributed by atoms with Gasteiger partial charge in [-0.05, 0) is 79.9 Å². The highest BCUT2D eigenvalue weighted by Gasteiger charge is 2.16. The molecule has 172 valence electrons. The highest BCUT2D eigenvalue weighted by Crippen LogP contribution is 2.29. The second-order valence-corrected chi connectivity index (χ2v) is 10.2. The summed E-state index contributed by atoms with van der Waals surface area (Å²) in [5.41, 5.74) is 2.95. The zero-order valence-electron chi connectivity index (χ0n) is 17.8. The van der Waals surface area contributed by atoms with Gasteiger partial charge in [-0.25, -0.2) is 4.98 Å². The maximum atomic E-state index is 11.3. The molecule has 0 aliphatic heterocycles. The van der Waals surface area contributed by atoms with E-state index in [1.807, 2.05) is 0 Å². The van der Waals surface area contributed by atoms with Gasteiger partial charge < -0.3 is 10.6 Å². The van der Waals surface area contributed by atoms with Gasteiger partial charge in [0, 0.05) is 11.4 Å². The van der Waals surface area contributed by atoms with Crippen LogP contribution in [0.15, 0.2) is 52.3 Å². The van der Waals surface area contributed by atoms with Crippen molar-refractivity contribution in [2.75, 3.05) is 10.6 Å². The van der Waals surface area contributed by atoms with E-state index in [4.69, 9.17) is 0 Å². The first-order valence-corrected chi connectivity index (χ1v) is 12.3. The summed E-state index contributed by atoms with van der Waals surface area (Å²) in [4.78, 5) is 3.95. The molecule has 2 aromatic carbocycles. The fraction of sp³-hybridized carbons (Fsp3) is 0.143. The van der Waals surface area contributed by atoms with Crippen LogP contribution in [0.1, 0.15) is 22.3 Å². The van der Waals surface area contributed by atoms with Crippen LogP contribution in [-0.4, -0.2) is 30.9 Å². The Bertz CT molecular complexity index is 1510. The summed E-state index contributed by atoms with van der Waals surface area (Å²) < 4.78 is 63.8. The average molecular weight is 489 g/mol. The number of hydrogen-bond donors (Lipinski definition) is 4. The summed E-state index contributed by atoms with van der Waals surface area (Å²) >= 11 is 0. The van der Waals surface area contributed by atoms with Crippen molar-refractivity contribution in [1.82, 2.24) is 4.98 Å². The van der Waals surface area contributed by atoms with Gasteiger partial charge in [-0.1, -0.05) is 0 Å². The van der Waals surface area contributed by atoms with Crippen molar-refractivity contribution in [1.29, 1.82) is 5.26 Å². The molecule has 33 heavy (non-hydrogen) atoms. The van der Waals surface area contributed by atoms with Gasteiger partial charge in [0.15, 0.2) is 5.82 Å². The maximum Gasteiger partial charge on any atom is 0.294 e. The molecule has 0 saturated carbocycles. The zero-order chi connectivity index (χ0) is 24.6. The van der Waals surface area contributed by atoms with Gasteiger partial charge in [0.05, 0.1) is 15.4 Å². The average Bonchev–Trinajstić information content (AvgIpc) is 2.69. The number of nitriles is 1. The van der Waals surface area contributed by atoms with Gasteiger partial charge in [0.1, 0.15) is 11.9 Å². The van der Waals surface area contributed by atoms with Crippen LogP contribution in [0.4, 0.5) is 23.0 Å². The first-order valence-electron chi connectivity index (χ1n) is 9.41. The molecule has 0 saturated heterocycles. The van der Waals surface area contributed by atoms with Crippen LogP contribution in [0.5, 0.6) is 0 Å². The van der Waals surface area contributed by atoms with Crippen LogP contribution in [-0.2, 0) is 20.2 Å². The molecule has 0 radical (unpaired) electrons. The van der Waals surface area contributed by atoms with Gasteiger partial charge in [-0.2, -0.15) is 22.1 Å². The first-order chi connectivity index (χ1) is 15.3. The fourth-order valence-electron chi connectivity index (χ4n) is 3.11. The predicted octanol–water partition coefficient (Wildman–Crippen LogP) is 3.86. The molecule has 3 rings (SSSR count). The Morgan fingerprint density at radius 3 is 1.70 bits per heavy atom. The molecule has 1 heterocycles. The Hall–Kier alpha value is -3.50. The molecule has 3 aromatic rings. The molecule has 10 nitrogen and oxygen atoms in total. The van der Waals surface area contributed by atoms with E-state index in [2.05, 4.69) is 21.7 Å². The smallest absolute Gasteiger partial charge is 0.294 e. The highest BCUT2D eigenvalue weighted by atomic mass is 32.2. The van der Waals surface area contributed by atoms with Crippen LogP contribution in [0.25, 0.3) is 0 Å². The monoisotopic (exact) mass is 488 g/mol. The van der Waals surface area contributed by atoms with E-state index < -0.39 is 20.2 Å². The van der Waals surface area contributed by atoms with E-state index in [-0.39, 0.29) is 21.2 Å². The molecule has 4 N–H and O–H groups in total. The van der Waals surface area contributed by atoms with E-state index in [1.54, 1.807) is 26.8 Å². The van der Waals surface area contributed by atoms with Gasteiger partial charge in [0.2, 0.25) is 0 Å². The lowest BCUT2D eigenvalue weighted by Crippen LogP contribution is -2.06. The summed E-state index contributed by atoms with van der Waals surface area (Å²) in [5, 5.41) is 15.7. The topological polar surface area (TPSA) is 169 Å². The van der Waals surface area contributed by atoms with Crippen molar-refractivity contribution in [2.24, 2.45) is 0 Å². The molecule has 0 amide bonds. The minimum Gasteiger partial charge on any atom is -0.340 e. The summed E-state index contributed by atoms with van der Waals surface area (Å²) in [7, 11) is -8.68. The number of anilines is 4. The van der Waals surface area contributed by atoms with Gasteiger partial charge in [-0.15, -0.1) is 0 Å². The highest BCUT2D eigenvalue weighted by molar-refractivity contribution is 7.86. The molecule has 0 bridgehead atoms. The molecule has 0 atom stereocenters. The summed E-state index contributed by atoms with van der Waals surface area (Å²) in [6.45, 7) is 5.02. The van der Waals surface area contributed by atoms with Crippen LogP contribution >= 0.6 is 0 Å². The van der Waals surface area contributed by atoms with Crippen LogP contribution in [0, 0.1) is 32.1 Å². The largest absolute Gasteiger partial charge is 0.340 e. The van der Waals surface area contributed by atoms with E-state index in [0.29, 0.717) is 33.9 Å². The minimum absolute atomic E-state index is 0.218. The summed E-state index contributed by atoms with van der Waals surface area (Å²) in [5.74, 6) is 0.582. The van der Waals surface area contributed by atoms with Crippen molar-refractivity contribution < 1.29 is 25.9 Å². The third-order valence-electron chi connectivity index (χ3n) is 4.84. The van der Waals surface area contributed by atoms with E-state index in [1.165, 1.54) is 36.4 Å². The number of benzene rings is 2. The van der Waals surface area contributed by atoms with E-state index in [0.717, 1.165) is 0 Å². The number of nitrogens with zero attached hydrogens (tertiary/aromatic N) is 2. The molecule has 0 spiro atoms. The Labute approximate surface area is 191 Å². The van der Waals surface area contributed by atoms with Crippen molar-refractivity contribution in [3.8, 4) is 6.07 Å². The lowest BCUT2D eigenvalue weighted by Gasteiger charge is -2.15. The zero-order valence-corrected chi connectivity index (χ0v) is 19.4. The summed E-state index contributed by atoms with van der Waals surface area (Å²) in [6.07, 6.45) is 0. The molecule has 0 aliphatic carbocycles. The first kappa shape index (κ1) is 24.1. The normalized spacial score (nSPS) is 11.6. The standard InChI is InChI=1S/C21H20N4O6S2/c1-12-10-20(23-18-6-4-15(8-13(18)2)32(26,27)28)25-21(17(12)11-22)24-19-7-5-16(9-14(19)3)33(29,30)31/h4-10H,1-3H3,(H2,23,24,25)(H,26,27,28)(H,29,30,31). The minimum atomic E-state index is -4.35. The summed E-state index contributed by atoms with van der Waals surface area (Å²) in [6, 6.07) is 11.7. The molecule has 12 heteroatoms. The Kier molecular flexibility index (Phi) is 6.44. The molecular weight excluding hydrogens is 468 g/mol. The van der Waals surface area contributed by atoms with Gasteiger partial charge in [-0.3, -0.25) is 9.11 Å². The van der Waals surface area contributed by atoms with Crippen molar-refractivity contribution in [3.05, 3.63) is 64.7 Å². The number of rotatable bonds is 6. The van der Waals surface area contributed by atoms with Gasteiger partial charge >= 0.3 is 0 Å². The van der Waals surface area contributed by atoms with Crippen molar-refractivity contribution in [2.45, 2.75) is 30.6 Å². The molecular formula is C21H20N4O6S2. The number of pyridine rings is 1. The lowest BCUT2D eigenvalue weighted by atomic mass is 10.1. The number of aromatic nitrogens is 1. The van der Waals surface area contributed by atoms with Crippen LogP contribution < -0.4 is 10.6 Å². The molecule has 0 unspecified atom stereocenters. The Balaban J connectivity index is 1.99. The third-order valence-corrected chi connectivity index (χ3v) is 6.54. The molecule has 0 aliphatic rings. The SMILES string of the molecule is Cc1cc(S(=O)(=O)O)ccc1Nc1cc(C)c(C#N)c(Nc2ccc(S(=O)(=O)O)cc2C)n1. The third kappa shape index (κ3) is 5.47. The second kappa shape index (κ2) is 8.80. The van der Waals surface area contributed by atoms with E-state index >= 15 is 0 Å². The molecule has 1 aromatic heterocycles. The quantitative estimate of drug-likeness (QED) is 0.374. The maximum absolute atomic E-state index is 11.3. The van der Waals surface area contributed by atoms with Crippen molar-refractivity contribution in [3.63, 3.8) is 0 Å². The van der Waals surface area contributed by atoms with Gasteiger partial charge in [0.25, 0.3) is 20.2 Å². The fourth-order valence-corrected chi connectivity index (χ4v) is 4.24. The number of aryl methyl sites for hydroxylation is 3. The predicted molar refractivity (Wildman–Crippen MR) is 122 cm³/mol. The van der Waals surface area contributed by atoms with E-state index in [9.17, 15) is 31.2 Å².